The Morgan fingerprint density at radius 1 is 1.00 bits per heavy atom. The number of hydrogen-bond acceptors (Lipinski definition) is 1. The van der Waals surface area contributed by atoms with E-state index in [-0.39, 0.29) is 4.83 Å². The first kappa shape index (κ1) is 15.7. The van der Waals surface area contributed by atoms with Gasteiger partial charge >= 0.3 is 0 Å². The molecule has 1 nitrogen and oxygen atoms in total. The van der Waals surface area contributed by atoms with Crippen LogP contribution in [0.3, 0.4) is 0 Å². The van der Waals surface area contributed by atoms with Crippen LogP contribution in [-0.2, 0) is 0 Å². The number of aryl methyl sites for hydroxylation is 2. The van der Waals surface area contributed by atoms with Crippen LogP contribution in [0.1, 0.15) is 27.1 Å². The lowest BCUT2D eigenvalue weighted by Crippen LogP contribution is -2.00. The van der Waals surface area contributed by atoms with Gasteiger partial charge in [0.1, 0.15) is 5.75 Å². The van der Waals surface area contributed by atoms with E-state index in [0.29, 0.717) is 5.02 Å². The minimum absolute atomic E-state index is 0.00659. The Balaban J connectivity index is 2.54. The summed E-state index contributed by atoms with van der Waals surface area (Å²) in [5.74, 6) is 0.809. The predicted octanol–water partition coefficient (Wildman–Crippen LogP) is 6.10. The van der Waals surface area contributed by atoms with Gasteiger partial charge in [0.25, 0.3) is 0 Å². The molecule has 0 spiro atoms. The van der Waals surface area contributed by atoms with Crippen molar-refractivity contribution >= 4 is 39.1 Å². The predicted molar refractivity (Wildman–Crippen MR) is 89.7 cm³/mol. The van der Waals surface area contributed by atoms with Crippen LogP contribution in [0.2, 0.25) is 10.0 Å². The van der Waals surface area contributed by atoms with Crippen molar-refractivity contribution in [3.8, 4) is 5.75 Å². The molecule has 0 N–H and O–H groups in total. The third-order valence-electron chi connectivity index (χ3n) is 3.29. The number of benzene rings is 2. The highest BCUT2D eigenvalue weighted by molar-refractivity contribution is 9.09. The summed E-state index contributed by atoms with van der Waals surface area (Å²) < 4.78 is 5.42. The van der Waals surface area contributed by atoms with Gasteiger partial charge in [-0.25, -0.2) is 0 Å². The third kappa shape index (κ3) is 3.13. The molecule has 0 aromatic heterocycles. The smallest absolute Gasteiger partial charge is 0.123 e. The highest BCUT2D eigenvalue weighted by Crippen LogP contribution is 2.40. The van der Waals surface area contributed by atoms with Crippen molar-refractivity contribution in [1.82, 2.24) is 0 Å². The summed E-state index contributed by atoms with van der Waals surface area (Å²) >= 11 is 16.0. The first-order valence-corrected chi connectivity index (χ1v) is 7.85. The maximum atomic E-state index is 6.16. The van der Waals surface area contributed by atoms with Crippen molar-refractivity contribution in [2.75, 3.05) is 7.11 Å². The lowest BCUT2D eigenvalue weighted by molar-refractivity contribution is 0.410. The first-order valence-electron chi connectivity index (χ1n) is 6.18. The summed E-state index contributed by atoms with van der Waals surface area (Å²) in [4.78, 5) is 0.00659. The van der Waals surface area contributed by atoms with E-state index in [2.05, 4.69) is 22.0 Å². The summed E-state index contributed by atoms with van der Waals surface area (Å²) in [6.07, 6.45) is 0. The molecule has 0 saturated heterocycles. The molecule has 2 aromatic rings. The van der Waals surface area contributed by atoms with E-state index in [1.807, 2.05) is 38.1 Å². The summed E-state index contributed by atoms with van der Waals surface area (Å²) in [5.41, 5.74) is 4.35. The van der Waals surface area contributed by atoms with Gasteiger partial charge in [-0.2, -0.15) is 0 Å². The molecule has 20 heavy (non-hydrogen) atoms. The van der Waals surface area contributed by atoms with Crippen LogP contribution in [0.25, 0.3) is 0 Å². The minimum Gasteiger partial charge on any atom is -0.496 e. The number of ether oxygens (including phenoxy) is 1. The zero-order chi connectivity index (χ0) is 14.9. The van der Waals surface area contributed by atoms with E-state index in [0.717, 1.165) is 33.0 Å². The molecule has 0 bridgehead atoms. The summed E-state index contributed by atoms with van der Waals surface area (Å²) in [7, 11) is 1.66. The Hall–Kier alpha value is -0.700. The van der Waals surface area contributed by atoms with Crippen LogP contribution in [-0.4, -0.2) is 7.11 Å². The molecule has 0 fully saturated rings. The summed E-state index contributed by atoms with van der Waals surface area (Å²) in [5, 5.41) is 1.47. The van der Waals surface area contributed by atoms with E-state index in [1.54, 1.807) is 7.11 Å². The number of hydrogen-bond donors (Lipinski definition) is 0. The standard InChI is InChI=1S/C16H15BrCl2O/c1-9-7-14(19)10(2)6-12(9)16(17)13-8-11(18)4-5-15(13)20-3/h4-8,16H,1-3H3. The fourth-order valence-corrected chi connectivity index (χ4v) is 3.40. The molecular formula is C16H15BrCl2O. The third-order valence-corrected chi connectivity index (χ3v) is 4.91. The molecule has 0 amide bonds. The Bertz CT molecular complexity index is 641. The molecule has 0 aliphatic carbocycles. The molecule has 0 aliphatic heterocycles. The van der Waals surface area contributed by atoms with Crippen molar-refractivity contribution < 1.29 is 4.74 Å². The largest absolute Gasteiger partial charge is 0.496 e. The highest BCUT2D eigenvalue weighted by Gasteiger charge is 2.18. The van der Waals surface area contributed by atoms with Crippen molar-refractivity contribution in [2.24, 2.45) is 0 Å². The van der Waals surface area contributed by atoms with E-state index in [1.165, 1.54) is 0 Å². The van der Waals surface area contributed by atoms with Gasteiger partial charge in [-0.05, 0) is 54.8 Å². The monoisotopic (exact) mass is 372 g/mol. The number of rotatable bonds is 3. The number of methoxy groups -OCH3 is 1. The molecule has 1 atom stereocenters. The first-order chi connectivity index (χ1) is 9.43. The zero-order valence-corrected chi connectivity index (χ0v) is 14.6. The molecule has 0 aliphatic rings. The minimum atomic E-state index is 0.00659. The summed E-state index contributed by atoms with van der Waals surface area (Å²) in [6.45, 7) is 4.05. The number of halogens is 3. The molecule has 106 valence electrons. The average Bonchev–Trinajstić information content (AvgIpc) is 2.42. The van der Waals surface area contributed by atoms with E-state index in [9.17, 15) is 0 Å². The van der Waals surface area contributed by atoms with E-state index >= 15 is 0 Å². The zero-order valence-electron chi connectivity index (χ0n) is 11.5. The van der Waals surface area contributed by atoms with Crippen LogP contribution < -0.4 is 4.74 Å². The van der Waals surface area contributed by atoms with Crippen LogP contribution in [0.15, 0.2) is 30.3 Å². The topological polar surface area (TPSA) is 9.23 Å². The van der Waals surface area contributed by atoms with Gasteiger partial charge < -0.3 is 4.74 Å². The van der Waals surface area contributed by atoms with Crippen LogP contribution >= 0.6 is 39.1 Å². The molecular weight excluding hydrogens is 359 g/mol. The SMILES string of the molecule is COc1ccc(Cl)cc1C(Br)c1cc(C)c(Cl)cc1C. The van der Waals surface area contributed by atoms with Crippen molar-refractivity contribution in [3.63, 3.8) is 0 Å². The van der Waals surface area contributed by atoms with Gasteiger partial charge in [-0.1, -0.05) is 45.2 Å². The van der Waals surface area contributed by atoms with Gasteiger partial charge in [-0.3, -0.25) is 0 Å². The Labute approximate surface area is 138 Å². The fourth-order valence-electron chi connectivity index (χ4n) is 2.15. The van der Waals surface area contributed by atoms with Gasteiger partial charge in [-0.15, -0.1) is 0 Å². The van der Waals surface area contributed by atoms with Gasteiger partial charge in [0.15, 0.2) is 0 Å². The lowest BCUT2D eigenvalue weighted by atomic mass is 9.98. The quantitative estimate of drug-likeness (QED) is 0.590. The highest BCUT2D eigenvalue weighted by atomic mass is 79.9. The number of alkyl halides is 1. The van der Waals surface area contributed by atoms with Crippen LogP contribution in [0, 0.1) is 13.8 Å². The molecule has 2 rings (SSSR count). The molecule has 2 aromatic carbocycles. The maximum Gasteiger partial charge on any atom is 0.123 e. The van der Waals surface area contributed by atoms with E-state index in [4.69, 9.17) is 27.9 Å². The lowest BCUT2D eigenvalue weighted by Gasteiger charge is -2.18. The van der Waals surface area contributed by atoms with Gasteiger partial charge in [0, 0.05) is 15.6 Å². The van der Waals surface area contributed by atoms with Crippen molar-refractivity contribution in [1.29, 1.82) is 0 Å². The van der Waals surface area contributed by atoms with E-state index < -0.39 is 0 Å². The van der Waals surface area contributed by atoms with Crippen molar-refractivity contribution in [3.05, 3.63) is 62.6 Å². The van der Waals surface area contributed by atoms with Crippen molar-refractivity contribution in [2.45, 2.75) is 18.7 Å². The summed E-state index contributed by atoms with van der Waals surface area (Å²) in [6, 6.07) is 9.70. The molecule has 0 radical (unpaired) electrons. The molecule has 0 saturated carbocycles. The second-order valence-corrected chi connectivity index (χ2v) is 6.47. The fraction of sp³-hybridized carbons (Fsp3) is 0.250. The normalized spacial score (nSPS) is 12.3. The second kappa shape index (κ2) is 6.38. The van der Waals surface area contributed by atoms with Gasteiger partial charge in [0.05, 0.1) is 11.9 Å². The Morgan fingerprint density at radius 3 is 2.35 bits per heavy atom. The maximum absolute atomic E-state index is 6.16. The molecule has 0 heterocycles. The average molecular weight is 374 g/mol. The Morgan fingerprint density at radius 2 is 1.70 bits per heavy atom. The molecule has 4 heteroatoms. The van der Waals surface area contributed by atoms with Crippen LogP contribution in [0.4, 0.5) is 0 Å². The van der Waals surface area contributed by atoms with Crippen LogP contribution in [0.5, 0.6) is 5.75 Å². The Kier molecular flexibility index (Phi) is 5.00. The van der Waals surface area contributed by atoms with Gasteiger partial charge in [0.2, 0.25) is 0 Å². The molecule has 1 unspecified atom stereocenters. The second-order valence-electron chi connectivity index (χ2n) is 4.71.